The van der Waals surface area contributed by atoms with Gasteiger partial charge in [-0.25, -0.2) is 9.97 Å². The molecule has 33 heavy (non-hydrogen) atoms. The number of nitrogens with zero attached hydrogens (tertiary/aromatic N) is 3. The van der Waals surface area contributed by atoms with Crippen molar-refractivity contribution in [2.24, 2.45) is 5.92 Å². The van der Waals surface area contributed by atoms with Crippen LogP contribution in [0.3, 0.4) is 0 Å². The van der Waals surface area contributed by atoms with Crippen LogP contribution in [0.1, 0.15) is 29.8 Å². The molecule has 0 aliphatic carbocycles. The number of carbonyl (C=O) groups is 1. The zero-order chi connectivity index (χ0) is 23.0. The summed E-state index contributed by atoms with van der Waals surface area (Å²) in [7, 11) is 0. The van der Waals surface area contributed by atoms with Crippen molar-refractivity contribution in [2.75, 3.05) is 5.32 Å². The Kier molecular flexibility index (Phi) is 7.05. The summed E-state index contributed by atoms with van der Waals surface area (Å²) in [5.41, 5.74) is 4.27. The molecule has 4 aromatic rings. The third-order valence-electron chi connectivity index (χ3n) is 5.44. The quantitative estimate of drug-likeness (QED) is 0.392. The van der Waals surface area contributed by atoms with Gasteiger partial charge in [-0.1, -0.05) is 50.2 Å². The molecule has 6 nitrogen and oxygen atoms in total. The molecule has 0 fully saturated rings. The summed E-state index contributed by atoms with van der Waals surface area (Å²) in [5.74, 6) is 0.861. The van der Waals surface area contributed by atoms with Crippen LogP contribution in [0.25, 0.3) is 11.3 Å². The molecule has 2 heterocycles. The molecule has 1 amide bonds. The third-order valence-corrected chi connectivity index (χ3v) is 5.44. The maximum Gasteiger partial charge on any atom is 0.251 e. The molecule has 0 saturated carbocycles. The van der Waals surface area contributed by atoms with Crippen LogP contribution >= 0.6 is 0 Å². The minimum atomic E-state index is -0.0907. The van der Waals surface area contributed by atoms with E-state index in [1.807, 2.05) is 60.7 Å². The van der Waals surface area contributed by atoms with E-state index in [0.29, 0.717) is 17.3 Å². The SMILES string of the molecule is CC(C)[C@H](Cc1ccccc1)NC(=O)c1cccc(Nc2cc(-c3cccnc3)ncn2)c1. The maximum absolute atomic E-state index is 13.0. The second kappa shape index (κ2) is 10.5. The third kappa shape index (κ3) is 6.01. The standard InChI is InChI=1S/C27H27N5O/c1-19(2)24(14-20-8-4-3-5-9-20)32-27(33)21-10-6-12-23(15-21)31-26-16-25(29-18-30-26)22-11-7-13-28-17-22/h3-13,15-19,24H,14H2,1-2H3,(H,32,33)(H,29,30,31)/t24-/m0/s1. The van der Waals surface area contributed by atoms with Crippen LogP contribution in [-0.4, -0.2) is 26.9 Å². The molecule has 2 N–H and O–H groups in total. The Morgan fingerprint density at radius 2 is 1.79 bits per heavy atom. The first-order valence-electron chi connectivity index (χ1n) is 11.0. The van der Waals surface area contributed by atoms with E-state index in [0.717, 1.165) is 23.4 Å². The normalized spacial score (nSPS) is 11.7. The summed E-state index contributed by atoms with van der Waals surface area (Å²) in [4.78, 5) is 25.8. The summed E-state index contributed by atoms with van der Waals surface area (Å²) in [6.45, 7) is 4.25. The molecule has 0 saturated heterocycles. The number of carbonyl (C=O) groups excluding carboxylic acids is 1. The Bertz CT molecular complexity index is 1200. The van der Waals surface area contributed by atoms with E-state index < -0.39 is 0 Å². The predicted molar refractivity (Wildman–Crippen MR) is 131 cm³/mol. The molecule has 4 rings (SSSR count). The minimum Gasteiger partial charge on any atom is -0.349 e. The second-order valence-corrected chi connectivity index (χ2v) is 8.25. The Balaban J connectivity index is 1.46. The lowest BCUT2D eigenvalue weighted by Gasteiger charge is -2.23. The summed E-state index contributed by atoms with van der Waals surface area (Å²) < 4.78 is 0. The van der Waals surface area contributed by atoms with Crippen molar-refractivity contribution in [3.8, 4) is 11.3 Å². The first-order valence-corrected chi connectivity index (χ1v) is 11.0. The monoisotopic (exact) mass is 437 g/mol. The van der Waals surface area contributed by atoms with Crippen molar-refractivity contribution >= 4 is 17.4 Å². The lowest BCUT2D eigenvalue weighted by molar-refractivity contribution is 0.0926. The number of hydrogen-bond donors (Lipinski definition) is 2. The molecular weight excluding hydrogens is 410 g/mol. The molecule has 0 bridgehead atoms. The first-order chi connectivity index (χ1) is 16.1. The van der Waals surface area contributed by atoms with Crippen molar-refractivity contribution in [1.82, 2.24) is 20.3 Å². The van der Waals surface area contributed by atoms with Crippen molar-refractivity contribution in [3.63, 3.8) is 0 Å². The smallest absolute Gasteiger partial charge is 0.251 e. The summed E-state index contributed by atoms with van der Waals surface area (Å²) in [6.07, 6.45) is 5.79. The van der Waals surface area contributed by atoms with Gasteiger partial charge in [0.25, 0.3) is 5.91 Å². The summed E-state index contributed by atoms with van der Waals surface area (Å²) in [6, 6.07) is 23.4. The number of anilines is 2. The fourth-order valence-corrected chi connectivity index (χ4v) is 3.56. The van der Waals surface area contributed by atoms with Crippen molar-refractivity contribution in [3.05, 3.63) is 103 Å². The Morgan fingerprint density at radius 3 is 2.55 bits per heavy atom. The predicted octanol–water partition coefficient (Wildman–Crippen LogP) is 5.28. The van der Waals surface area contributed by atoms with Gasteiger partial charge in [0.2, 0.25) is 0 Å². The molecule has 166 valence electrons. The molecule has 0 spiro atoms. The van der Waals surface area contributed by atoms with Crippen LogP contribution in [0.5, 0.6) is 0 Å². The van der Waals surface area contributed by atoms with Gasteiger partial charge < -0.3 is 10.6 Å². The molecule has 0 radical (unpaired) electrons. The van der Waals surface area contributed by atoms with Crippen molar-refractivity contribution < 1.29 is 4.79 Å². The average molecular weight is 438 g/mol. The van der Waals surface area contributed by atoms with Crippen molar-refractivity contribution in [2.45, 2.75) is 26.3 Å². The number of hydrogen-bond acceptors (Lipinski definition) is 5. The highest BCUT2D eigenvalue weighted by molar-refractivity contribution is 5.95. The van der Waals surface area contributed by atoms with Gasteiger partial charge in [-0.3, -0.25) is 9.78 Å². The summed E-state index contributed by atoms with van der Waals surface area (Å²) in [5, 5.41) is 6.48. The van der Waals surface area contributed by atoms with Gasteiger partial charge in [0, 0.05) is 41.3 Å². The van der Waals surface area contributed by atoms with Gasteiger partial charge in [-0.15, -0.1) is 0 Å². The molecule has 1 atom stereocenters. The Hall–Kier alpha value is -4.06. The van der Waals surface area contributed by atoms with Gasteiger partial charge in [0.1, 0.15) is 12.1 Å². The van der Waals surface area contributed by atoms with E-state index in [4.69, 9.17) is 0 Å². The van der Waals surface area contributed by atoms with Gasteiger partial charge in [-0.05, 0) is 48.2 Å². The highest BCUT2D eigenvalue weighted by Crippen LogP contribution is 2.21. The van der Waals surface area contributed by atoms with E-state index in [-0.39, 0.29) is 11.9 Å². The fourth-order valence-electron chi connectivity index (χ4n) is 3.56. The average Bonchev–Trinajstić information content (AvgIpc) is 2.85. The van der Waals surface area contributed by atoms with E-state index in [2.05, 4.69) is 51.6 Å². The molecular formula is C27H27N5O. The van der Waals surface area contributed by atoms with Gasteiger partial charge >= 0.3 is 0 Å². The van der Waals surface area contributed by atoms with Crippen LogP contribution in [0.15, 0.2) is 91.5 Å². The molecule has 6 heteroatoms. The maximum atomic E-state index is 13.0. The van der Waals surface area contributed by atoms with Gasteiger partial charge in [-0.2, -0.15) is 0 Å². The molecule has 0 aliphatic heterocycles. The number of rotatable bonds is 8. The van der Waals surface area contributed by atoms with Crippen LogP contribution in [0.2, 0.25) is 0 Å². The molecule has 2 aromatic heterocycles. The highest BCUT2D eigenvalue weighted by atomic mass is 16.1. The van der Waals surface area contributed by atoms with Crippen LogP contribution in [-0.2, 0) is 6.42 Å². The zero-order valence-electron chi connectivity index (χ0n) is 18.8. The van der Waals surface area contributed by atoms with Crippen LogP contribution in [0, 0.1) is 5.92 Å². The topological polar surface area (TPSA) is 79.8 Å². The van der Waals surface area contributed by atoms with Crippen molar-refractivity contribution in [1.29, 1.82) is 0 Å². The van der Waals surface area contributed by atoms with Crippen LogP contribution < -0.4 is 10.6 Å². The molecule has 2 aromatic carbocycles. The number of benzene rings is 2. The number of nitrogens with one attached hydrogen (secondary N) is 2. The Labute approximate surface area is 194 Å². The molecule has 0 aliphatic rings. The number of aromatic nitrogens is 3. The lowest BCUT2D eigenvalue weighted by Crippen LogP contribution is -2.40. The van der Waals surface area contributed by atoms with E-state index in [1.165, 1.54) is 11.9 Å². The zero-order valence-corrected chi connectivity index (χ0v) is 18.8. The van der Waals surface area contributed by atoms with Gasteiger partial charge in [0.05, 0.1) is 5.69 Å². The van der Waals surface area contributed by atoms with E-state index in [9.17, 15) is 4.79 Å². The lowest BCUT2D eigenvalue weighted by atomic mass is 9.96. The van der Waals surface area contributed by atoms with Gasteiger partial charge in [0.15, 0.2) is 0 Å². The largest absolute Gasteiger partial charge is 0.349 e. The van der Waals surface area contributed by atoms with E-state index >= 15 is 0 Å². The summed E-state index contributed by atoms with van der Waals surface area (Å²) >= 11 is 0. The fraction of sp³-hybridized carbons (Fsp3) is 0.185. The Morgan fingerprint density at radius 1 is 0.939 bits per heavy atom. The number of amides is 1. The first kappa shape index (κ1) is 22.1. The second-order valence-electron chi connectivity index (χ2n) is 8.25. The highest BCUT2D eigenvalue weighted by Gasteiger charge is 2.18. The molecule has 0 unspecified atom stereocenters. The number of pyridine rings is 1. The van der Waals surface area contributed by atoms with E-state index in [1.54, 1.807) is 12.4 Å². The van der Waals surface area contributed by atoms with Crippen LogP contribution in [0.4, 0.5) is 11.5 Å². The minimum absolute atomic E-state index is 0.0421.